The van der Waals surface area contributed by atoms with Gasteiger partial charge < -0.3 is 75.5 Å². The molecule has 2 rings (SSSR count). The summed E-state index contributed by atoms with van der Waals surface area (Å²) in [5.74, 6) is -1.40. The van der Waals surface area contributed by atoms with E-state index in [1.807, 2.05) is 0 Å². The third kappa shape index (κ3) is 27.2. The molecule has 2 fully saturated rings. The van der Waals surface area contributed by atoms with E-state index in [1.165, 1.54) is 128 Å². The van der Waals surface area contributed by atoms with E-state index >= 15 is 0 Å². The Morgan fingerprint density at radius 3 is 1.34 bits per heavy atom. The van der Waals surface area contributed by atoms with Gasteiger partial charge in [0.15, 0.2) is 12.6 Å². The number of unbranched alkanes of at least 4 members (excludes halogenated alkanes) is 28. The molecule has 0 saturated carbocycles. The van der Waals surface area contributed by atoms with Crippen LogP contribution < -0.4 is 10.6 Å². The van der Waals surface area contributed by atoms with E-state index in [9.17, 15) is 55.5 Å². The Bertz CT molecular complexity index is 1310. The number of aliphatic hydroxyl groups excluding tert-OH is 9. The van der Waals surface area contributed by atoms with Crippen molar-refractivity contribution >= 4 is 11.8 Å². The van der Waals surface area contributed by atoms with E-state index in [4.69, 9.17) is 18.9 Å². The lowest BCUT2D eigenvalue weighted by atomic mass is 9.95. The van der Waals surface area contributed by atoms with E-state index in [1.54, 1.807) is 0 Å². The van der Waals surface area contributed by atoms with Gasteiger partial charge in [-0.1, -0.05) is 206 Å². The average Bonchev–Trinajstić information content (AvgIpc) is 3.35. The van der Waals surface area contributed by atoms with Crippen LogP contribution in [0.4, 0.5) is 0 Å². The molecular weight excluding hydrogens is 917 g/mol. The second kappa shape index (κ2) is 40.7. The number of carbonyl (C=O) groups excluding carboxylic acids is 2. The van der Waals surface area contributed by atoms with Crippen molar-refractivity contribution in [1.82, 2.24) is 10.6 Å². The molecule has 2 aliphatic heterocycles. The Kier molecular flexibility index (Phi) is 37.6. The van der Waals surface area contributed by atoms with Crippen molar-refractivity contribution in [2.75, 3.05) is 19.8 Å². The van der Waals surface area contributed by atoms with Gasteiger partial charge in [0.1, 0.15) is 61.0 Å². The lowest BCUT2D eigenvalue weighted by Crippen LogP contribution is -2.68. The van der Waals surface area contributed by atoms with Crippen LogP contribution in [0.15, 0.2) is 0 Å². The highest BCUT2D eigenvalue weighted by Gasteiger charge is 2.51. The molecular formula is C54H104N2O15. The van der Waals surface area contributed by atoms with E-state index in [0.29, 0.717) is 12.8 Å². The zero-order valence-electron chi connectivity index (χ0n) is 44.3. The summed E-state index contributed by atoms with van der Waals surface area (Å²) in [4.78, 5) is 25.4. The van der Waals surface area contributed by atoms with Crippen LogP contribution in [0, 0.1) is 0 Å². The summed E-state index contributed by atoms with van der Waals surface area (Å²) in [6.07, 6.45) is 17.1. The maximum atomic E-state index is 13.4. The molecule has 17 heteroatoms. The second-order valence-electron chi connectivity index (χ2n) is 20.7. The first-order chi connectivity index (χ1) is 34.3. The van der Waals surface area contributed by atoms with Gasteiger partial charge in [0, 0.05) is 6.92 Å². The highest BCUT2D eigenvalue weighted by Crippen LogP contribution is 2.30. The fourth-order valence-electron chi connectivity index (χ4n) is 9.80. The Hall–Kier alpha value is -1.58. The van der Waals surface area contributed by atoms with Crippen LogP contribution in [0.5, 0.6) is 0 Å². The average molecular weight is 1020 g/mol. The third-order valence-electron chi connectivity index (χ3n) is 14.4. The number of nitrogens with one attached hydrogen (secondary N) is 2. The number of aliphatic hydroxyl groups is 9. The number of hydrogen-bond acceptors (Lipinski definition) is 15. The van der Waals surface area contributed by atoms with Gasteiger partial charge >= 0.3 is 0 Å². The lowest BCUT2D eigenvalue weighted by molar-refractivity contribution is -0.348. The number of carbonyl (C=O) groups is 2. The predicted octanol–water partition coefficient (Wildman–Crippen LogP) is 5.86. The highest BCUT2D eigenvalue weighted by molar-refractivity contribution is 5.80. The molecule has 0 aromatic rings. The molecule has 11 N–H and O–H groups in total. The number of rotatable bonds is 44. The molecule has 17 nitrogen and oxygen atoms in total. The van der Waals surface area contributed by atoms with Gasteiger partial charge in [0.25, 0.3) is 0 Å². The molecule has 420 valence electrons. The van der Waals surface area contributed by atoms with E-state index in [-0.39, 0.29) is 12.8 Å². The fourth-order valence-corrected chi connectivity index (χ4v) is 9.80. The van der Waals surface area contributed by atoms with Crippen molar-refractivity contribution < 1.29 is 74.5 Å². The normalized spacial score (nSPS) is 26.5. The fraction of sp³-hybridized carbons (Fsp3) is 0.963. The molecule has 0 aromatic heterocycles. The lowest BCUT2D eigenvalue weighted by Gasteiger charge is -2.47. The van der Waals surface area contributed by atoms with Crippen molar-refractivity contribution in [3.63, 3.8) is 0 Å². The molecule has 0 spiro atoms. The summed E-state index contributed by atoms with van der Waals surface area (Å²) in [5.41, 5.74) is 0. The standard InChI is InChI=1S/C54H104N2O15/c1-4-6-8-10-12-14-16-17-18-19-20-21-22-23-25-27-29-31-33-35-42(61)52(67)56-40(46(62)41(60)34-32-30-28-26-24-15-13-11-9-7-5-2)38-68-54-50(66)51(48(64)44(37-58)70-54)71-53-45(55-39(3)59)49(65)47(63)43(36-57)69-53/h40-51,53-54,57-58,60-66H,4-38H2,1-3H3,(H,55,59)(H,56,67). The molecule has 0 radical (unpaired) electrons. The van der Waals surface area contributed by atoms with Gasteiger partial charge in [-0.05, 0) is 12.8 Å². The Balaban J connectivity index is 1.94. The zero-order valence-corrected chi connectivity index (χ0v) is 44.3. The molecule has 0 bridgehead atoms. The van der Waals surface area contributed by atoms with Crippen LogP contribution in [-0.2, 0) is 28.5 Å². The van der Waals surface area contributed by atoms with Crippen molar-refractivity contribution in [2.45, 2.75) is 312 Å². The summed E-state index contributed by atoms with van der Waals surface area (Å²) >= 11 is 0. The summed E-state index contributed by atoms with van der Waals surface area (Å²) in [6, 6.07) is -2.71. The van der Waals surface area contributed by atoms with E-state index in [2.05, 4.69) is 24.5 Å². The van der Waals surface area contributed by atoms with Gasteiger partial charge in [0.05, 0.1) is 32.0 Å². The highest BCUT2D eigenvalue weighted by atomic mass is 16.7. The van der Waals surface area contributed by atoms with Crippen molar-refractivity contribution in [2.24, 2.45) is 0 Å². The van der Waals surface area contributed by atoms with Crippen molar-refractivity contribution in [3.05, 3.63) is 0 Å². The van der Waals surface area contributed by atoms with Crippen LogP contribution in [0.2, 0.25) is 0 Å². The molecule has 0 aromatic carbocycles. The molecule has 2 amide bonds. The monoisotopic (exact) mass is 1020 g/mol. The summed E-state index contributed by atoms with van der Waals surface area (Å²) in [7, 11) is 0. The van der Waals surface area contributed by atoms with E-state index < -0.39 is 117 Å². The van der Waals surface area contributed by atoms with Gasteiger partial charge in [-0.2, -0.15) is 0 Å². The second-order valence-corrected chi connectivity index (χ2v) is 20.7. The Morgan fingerprint density at radius 1 is 0.521 bits per heavy atom. The summed E-state index contributed by atoms with van der Waals surface area (Å²) in [6.45, 7) is 3.54. The maximum Gasteiger partial charge on any atom is 0.249 e. The minimum absolute atomic E-state index is 0.195. The quantitative estimate of drug-likeness (QED) is 0.0319. The number of hydrogen-bond donors (Lipinski definition) is 11. The van der Waals surface area contributed by atoms with Crippen LogP contribution in [0.3, 0.4) is 0 Å². The zero-order chi connectivity index (χ0) is 52.2. The summed E-state index contributed by atoms with van der Waals surface area (Å²) < 4.78 is 23.1. The smallest absolute Gasteiger partial charge is 0.249 e. The number of ether oxygens (including phenoxy) is 4. The molecule has 14 atom stereocenters. The molecule has 2 saturated heterocycles. The topological polar surface area (TPSA) is 277 Å². The van der Waals surface area contributed by atoms with Gasteiger partial charge in [0.2, 0.25) is 11.8 Å². The van der Waals surface area contributed by atoms with Crippen LogP contribution in [0.1, 0.15) is 226 Å². The van der Waals surface area contributed by atoms with Crippen molar-refractivity contribution in [1.29, 1.82) is 0 Å². The third-order valence-corrected chi connectivity index (χ3v) is 14.4. The molecule has 71 heavy (non-hydrogen) atoms. The SMILES string of the molecule is CCCCCCCCCCCCCCCCCCCCCC(O)C(=O)NC(COC1OC(CO)C(O)C(OC2OC(CO)C(O)C(O)C2NC(C)=O)C1O)C(O)C(O)CCCCCCCCCCCCC. The van der Waals surface area contributed by atoms with Crippen LogP contribution in [0.25, 0.3) is 0 Å². The maximum absolute atomic E-state index is 13.4. The molecule has 0 aliphatic carbocycles. The minimum Gasteiger partial charge on any atom is -0.394 e. The van der Waals surface area contributed by atoms with Crippen LogP contribution in [-0.4, -0.2) is 163 Å². The van der Waals surface area contributed by atoms with Gasteiger partial charge in [-0.15, -0.1) is 0 Å². The first-order valence-corrected chi connectivity index (χ1v) is 28.4. The van der Waals surface area contributed by atoms with Crippen molar-refractivity contribution in [3.8, 4) is 0 Å². The first-order valence-electron chi connectivity index (χ1n) is 28.4. The Morgan fingerprint density at radius 2 is 0.915 bits per heavy atom. The first kappa shape index (κ1) is 65.5. The minimum atomic E-state index is -1.85. The van der Waals surface area contributed by atoms with E-state index in [0.717, 1.165) is 58.3 Å². The van der Waals surface area contributed by atoms with Crippen LogP contribution >= 0.6 is 0 Å². The van der Waals surface area contributed by atoms with Gasteiger partial charge in [-0.3, -0.25) is 9.59 Å². The predicted molar refractivity (Wildman–Crippen MR) is 273 cm³/mol. The molecule has 2 aliphatic rings. The Labute approximate surface area is 427 Å². The molecule has 2 heterocycles. The van der Waals surface area contributed by atoms with Gasteiger partial charge in [-0.25, -0.2) is 0 Å². The molecule has 14 unspecified atom stereocenters. The summed E-state index contributed by atoms with van der Waals surface area (Å²) in [5, 5.41) is 102. The largest absolute Gasteiger partial charge is 0.394 e. The number of amides is 2.